The number of aliphatic hydroxyl groups is 4. The Kier molecular flexibility index (Phi) is 13.7. The first-order chi connectivity index (χ1) is 17.2. The molecule has 15 heteroatoms. The van der Waals surface area contributed by atoms with Crippen LogP contribution in [0, 0.1) is 5.92 Å². The van der Waals surface area contributed by atoms with Gasteiger partial charge in [-0.25, -0.2) is 0 Å². The summed E-state index contributed by atoms with van der Waals surface area (Å²) in [4.78, 5) is 23.9. The Balaban J connectivity index is 2.02. The lowest BCUT2D eigenvalue weighted by Gasteiger charge is -2.47. The van der Waals surface area contributed by atoms with E-state index in [-0.39, 0.29) is 18.2 Å². The smallest absolute Gasteiger partial charge is 0.221 e. The first kappa shape index (κ1) is 31.5. The van der Waals surface area contributed by atoms with Crippen LogP contribution in [-0.4, -0.2) is 126 Å². The molecule has 2 heterocycles. The van der Waals surface area contributed by atoms with Crippen LogP contribution in [0.25, 0.3) is 0 Å². The molecule has 0 aromatic rings. The third kappa shape index (κ3) is 8.39. The van der Waals surface area contributed by atoms with Gasteiger partial charge in [0.15, 0.2) is 12.6 Å². The number of hydrogen-bond donors (Lipinski definition) is 7. The molecule has 0 aromatic carbocycles. The van der Waals surface area contributed by atoms with Crippen molar-refractivity contribution in [1.29, 1.82) is 0 Å². The molecule has 2 saturated heterocycles. The summed E-state index contributed by atoms with van der Waals surface area (Å²) in [5.74, 6) is 0.144. The largest absolute Gasteiger partial charge is 0.394 e. The van der Waals surface area contributed by atoms with Gasteiger partial charge in [-0.05, 0) is 0 Å². The first-order valence-electron chi connectivity index (χ1n) is 11.7. The monoisotopic (exact) mass is 557 g/mol. The fourth-order valence-corrected chi connectivity index (χ4v) is 5.94. The zero-order chi connectivity index (χ0) is 26.8. The molecule has 2 rings (SSSR count). The van der Waals surface area contributed by atoms with Gasteiger partial charge >= 0.3 is 0 Å². The molecule has 0 spiro atoms. The lowest BCUT2D eigenvalue weighted by Crippen LogP contribution is -2.67. The van der Waals surface area contributed by atoms with Gasteiger partial charge in [0, 0.05) is 44.4 Å². The zero-order valence-electron chi connectivity index (χ0n) is 20.6. The molecule has 10 atom stereocenters. The van der Waals surface area contributed by atoms with E-state index in [1.807, 2.05) is 0 Å². The molecule has 2 fully saturated rings. The van der Waals surface area contributed by atoms with Gasteiger partial charge in [0.25, 0.3) is 0 Å². The summed E-state index contributed by atoms with van der Waals surface area (Å²) >= 11 is 0. The van der Waals surface area contributed by atoms with Crippen molar-refractivity contribution in [2.45, 2.75) is 74.9 Å². The number of amides is 2. The fourth-order valence-electron chi connectivity index (χ4n) is 3.96. The van der Waals surface area contributed by atoms with Gasteiger partial charge in [0.2, 0.25) is 11.8 Å². The minimum Gasteiger partial charge on any atom is -0.394 e. The lowest BCUT2D eigenvalue weighted by molar-refractivity contribution is -0.323. The molecular formula is C21H39N3O10S2. The van der Waals surface area contributed by atoms with E-state index in [0.29, 0.717) is 17.9 Å². The van der Waals surface area contributed by atoms with E-state index in [1.54, 1.807) is 14.0 Å². The molecule has 36 heavy (non-hydrogen) atoms. The van der Waals surface area contributed by atoms with Crippen molar-refractivity contribution < 1.29 is 49.0 Å². The molecular weight excluding hydrogens is 518 g/mol. The van der Waals surface area contributed by atoms with Crippen molar-refractivity contribution in [3.63, 3.8) is 0 Å². The molecule has 0 bridgehead atoms. The predicted molar refractivity (Wildman–Crippen MR) is 133 cm³/mol. The van der Waals surface area contributed by atoms with Crippen molar-refractivity contribution in [3.05, 3.63) is 0 Å². The maximum Gasteiger partial charge on any atom is 0.221 e. The van der Waals surface area contributed by atoms with E-state index in [4.69, 9.17) is 24.7 Å². The number of aliphatic hydroxyl groups excluding tert-OH is 4. The van der Waals surface area contributed by atoms with E-state index in [1.165, 1.54) is 28.7 Å². The molecule has 0 aromatic heterocycles. The Bertz CT molecular complexity index is 694. The molecule has 8 N–H and O–H groups in total. The van der Waals surface area contributed by atoms with E-state index in [0.717, 1.165) is 0 Å². The lowest BCUT2D eigenvalue weighted by atomic mass is 9.89. The second-order valence-corrected chi connectivity index (χ2v) is 11.3. The van der Waals surface area contributed by atoms with Crippen LogP contribution < -0.4 is 16.4 Å². The number of ether oxygens (including phenoxy) is 4. The fraction of sp³-hybridized carbons (Fsp3) is 0.905. The molecule has 0 aliphatic carbocycles. The normalized spacial score (nSPS) is 36.9. The quantitative estimate of drug-likeness (QED) is 0.0928. The molecule has 210 valence electrons. The summed E-state index contributed by atoms with van der Waals surface area (Å²) in [6.07, 6.45) is -7.12. The van der Waals surface area contributed by atoms with Crippen LogP contribution in [0.5, 0.6) is 0 Å². The standard InChI is InChI=1S/C21H39N3O10S2/c1-10-11(8-25)32-21(34-19-12(9-26)33-20(31-3)15(22)18(19)30)16(17(10)29)24-14(28)5-7-36-35-6-4-13(27)23-2/h10-12,15-21,25-26,29-30H,4-9,22H2,1-3H3,(H,23,27)(H,24,28). The van der Waals surface area contributed by atoms with Crippen molar-refractivity contribution >= 4 is 33.4 Å². The third-order valence-corrected chi connectivity index (χ3v) is 8.62. The highest BCUT2D eigenvalue weighted by atomic mass is 33.1. The summed E-state index contributed by atoms with van der Waals surface area (Å²) in [5.41, 5.74) is 5.99. The van der Waals surface area contributed by atoms with Gasteiger partial charge < -0.3 is 55.7 Å². The number of methoxy groups -OCH3 is 1. The van der Waals surface area contributed by atoms with E-state index < -0.39 is 74.3 Å². The van der Waals surface area contributed by atoms with Crippen molar-refractivity contribution in [2.75, 3.05) is 38.9 Å². The van der Waals surface area contributed by atoms with Gasteiger partial charge in [-0.15, -0.1) is 0 Å². The summed E-state index contributed by atoms with van der Waals surface area (Å²) in [6.45, 7) is 0.754. The average Bonchev–Trinajstić information content (AvgIpc) is 2.88. The van der Waals surface area contributed by atoms with Crippen LogP contribution in [0.15, 0.2) is 0 Å². The minimum atomic E-state index is -1.31. The summed E-state index contributed by atoms with van der Waals surface area (Å²) < 4.78 is 22.5. The van der Waals surface area contributed by atoms with Gasteiger partial charge in [0.05, 0.1) is 31.5 Å². The van der Waals surface area contributed by atoms with Crippen LogP contribution in [-0.2, 0) is 28.5 Å². The van der Waals surface area contributed by atoms with Crippen LogP contribution >= 0.6 is 21.6 Å². The number of carbonyl (C=O) groups excluding carboxylic acids is 2. The Hall–Kier alpha value is -0.720. The Labute approximate surface area is 218 Å². The van der Waals surface area contributed by atoms with E-state index in [2.05, 4.69) is 10.6 Å². The average molecular weight is 558 g/mol. The third-order valence-electron chi connectivity index (χ3n) is 6.21. The molecule has 2 aliphatic rings. The summed E-state index contributed by atoms with van der Waals surface area (Å²) in [7, 11) is 5.86. The Morgan fingerprint density at radius 3 is 2.11 bits per heavy atom. The van der Waals surface area contributed by atoms with Crippen LogP contribution in [0.1, 0.15) is 19.8 Å². The highest BCUT2D eigenvalue weighted by Crippen LogP contribution is 2.31. The molecule has 2 amide bonds. The highest BCUT2D eigenvalue weighted by Gasteiger charge is 2.50. The molecule has 0 saturated carbocycles. The van der Waals surface area contributed by atoms with Crippen LogP contribution in [0.3, 0.4) is 0 Å². The SMILES string of the molecule is CNC(=O)CCSSCCC(=O)NC1C(OC2C(CO)OC(OC)C(N)C2O)OC(CO)C(C)C1O. The number of nitrogens with one attached hydrogen (secondary N) is 2. The first-order valence-corrected chi connectivity index (χ1v) is 14.2. The van der Waals surface area contributed by atoms with Crippen molar-refractivity contribution in [2.24, 2.45) is 11.7 Å². The zero-order valence-corrected chi connectivity index (χ0v) is 22.3. The molecule has 2 aliphatic heterocycles. The molecule has 10 unspecified atom stereocenters. The van der Waals surface area contributed by atoms with Gasteiger partial charge in [-0.3, -0.25) is 9.59 Å². The second-order valence-electron chi connectivity index (χ2n) is 8.62. The molecule has 0 radical (unpaired) electrons. The predicted octanol–water partition coefficient (Wildman–Crippen LogP) is -2.47. The van der Waals surface area contributed by atoms with Gasteiger partial charge in [-0.1, -0.05) is 28.5 Å². The van der Waals surface area contributed by atoms with Crippen LogP contribution in [0.4, 0.5) is 0 Å². The summed E-state index contributed by atoms with van der Waals surface area (Å²) in [6, 6.07) is -2.01. The topological polar surface area (TPSA) is 202 Å². The second kappa shape index (κ2) is 15.6. The summed E-state index contributed by atoms with van der Waals surface area (Å²) in [5, 5.41) is 46.4. The maximum atomic E-state index is 12.6. The Morgan fingerprint density at radius 2 is 1.56 bits per heavy atom. The van der Waals surface area contributed by atoms with Gasteiger partial charge in [-0.2, -0.15) is 0 Å². The van der Waals surface area contributed by atoms with Crippen molar-refractivity contribution in [1.82, 2.24) is 10.6 Å². The van der Waals surface area contributed by atoms with Gasteiger partial charge in [0.1, 0.15) is 24.4 Å². The van der Waals surface area contributed by atoms with Crippen LogP contribution in [0.2, 0.25) is 0 Å². The van der Waals surface area contributed by atoms with E-state index >= 15 is 0 Å². The number of hydrogen-bond acceptors (Lipinski definition) is 13. The molecule has 13 nitrogen and oxygen atoms in total. The number of nitrogens with two attached hydrogens (primary N) is 1. The highest BCUT2D eigenvalue weighted by molar-refractivity contribution is 8.76. The Morgan fingerprint density at radius 1 is 0.972 bits per heavy atom. The number of carbonyl (C=O) groups is 2. The maximum absolute atomic E-state index is 12.6. The van der Waals surface area contributed by atoms with E-state index in [9.17, 15) is 30.0 Å². The minimum absolute atomic E-state index is 0.0518. The number of rotatable bonds is 13. The van der Waals surface area contributed by atoms with Crippen molar-refractivity contribution in [3.8, 4) is 0 Å².